The molecule has 0 saturated heterocycles. The maximum atomic E-state index is 12.8. The first-order valence-corrected chi connectivity index (χ1v) is 9.44. The Morgan fingerprint density at radius 1 is 1.20 bits per heavy atom. The van der Waals surface area contributed by atoms with Crippen LogP contribution in [0.25, 0.3) is 0 Å². The van der Waals surface area contributed by atoms with E-state index in [1.807, 2.05) is 0 Å². The third kappa shape index (κ3) is 5.42. The van der Waals surface area contributed by atoms with Crippen LogP contribution >= 0.6 is 11.3 Å². The third-order valence-corrected chi connectivity index (χ3v) is 5.08. The topological polar surface area (TPSA) is 63.2 Å². The number of unbranched alkanes of at least 4 members (excludes halogenated alkanes) is 1. The van der Waals surface area contributed by atoms with Crippen molar-refractivity contribution in [2.24, 2.45) is 0 Å². The number of nitrogens with one attached hydrogen (secondary N) is 2. The lowest BCUT2D eigenvalue weighted by Gasteiger charge is -2.07. The van der Waals surface area contributed by atoms with Crippen molar-refractivity contribution in [1.82, 2.24) is 10.3 Å². The van der Waals surface area contributed by atoms with E-state index in [1.54, 1.807) is 23.5 Å². The van der Waals surface area contributed by atoms with Crippen LogP contribution in [-0.2, 0) is 12.8 Å². The van der Waals surface area contributed by atoms with Crippen LogP contribution in [0.3, 0.4) is 0 Å². The number of carbonyl (C=O) groups is 1. The Labute approximate surface area is 150 Å². The number of benzene rings is 1. The molecule has 1 heterocycles. The first kappa shape index (κ1) is 17.7. The van der Waals surface area contributed by atoms with E-state index in [9.17, 15) is 9.18 Å². The van der Waals surface area contributed by atoms with Crippen LogP contribution in [-0.4, -0.2) is 24.2 Å². The van der Waals surface area contributed by atoms with Gasteiger partial charge in [0.1, 0.15) is 11.6 Å². The lowest BCUT2D eigenvalue weighted by molar-refractivity contribution is 0.251. The second kappa shape index (κ2) is 8.80. The number of urea groups is 1. The summed E-state index contributed by atoms with van der Waals surface area (Å²) in [6.45, 7) is 1.11. The van der Waals surface area contributed by atoms with Crippen molar-refractivity contribution < 1.29 is 13.9 Å². The number of hydrogen-bond donors (Lipinski definition) is 2. The highest BCUT2D eigenvalue weighted by molar-refractivity contribution is 7.15. The first-order chi connectivity index (χ1) is 12.2. The van der Waals surface area contributed by atoms with Crippen LogP contribution in [0.4, 0.5) is 14.3 Å². The zero-order valence-corrected chi connectivity index (χ0v) is 14.8. The Bertz CT molecular complexity index is 679. The fraction of sp³-hybridized carbons (Fsp3) is 0.444. The molecule has 3 rings (SSSR count). The highest BCUT2D eigenvalue weighted by Gasteiger charge is 2.16. The maximum Gasteiger partial charge on any atom is 0.321 e. The zero-order chi connectivity index (χ0) is 17.5. The number of hydrogen-bond acceptors (Lipinski definition) is 4. The van der Waals surface area contributed by atoms with Crippen molar-refractivity contribution >= 4 is 22.5 Å². The average Bonchev–Trinajstić information content (AvgIpc) is 3.01. The molecule has 0 radical (unpaired) electrons. The van der Waals surface area contributed by atoms with Gasteiger partial charge in [0, 0.05) is 11.4 Å². The van der Waals surface area contributed by atoms with Gasteiger partial charge in [-0.05, 0) is 62.8 Å². The monoisotopic (exact) mass is 363 g/mol. The molecule has 2 N–H and O–H groups in total. The van der Waals surface area contributed by atoms with Gasteiger partial charge in [0.05, 0.1) is 12.3 Å². The molecule has 0 atom stereocenters. The van der Waals surface area contributed by atoms with Crippen molar-refractivity contribution in [3.63, 3.8) is 0 Å². The highest BCUT2D eigenvalue weighted by Crippen LogP contribution is 2.29. The standard InChI is InChI=1S/C18H22FN3O2S/c19-13-7-9-14(10-8-13)24-12-4-3-11-20-17(23)22-18-21-15-5-1-2-6-16(15)25-18/h7-10H,1-6,11-12H2,(H2,20,21,22,23). The molecule has 1 aliphatic carbocycles. The Morgan fingerprint density at radius 3 is 2.80 bits per heavy atom. The predicted octanol–water partition coefficient (Wildman–Crippen LogP) is 4.14. The Balaban J connectivity index is 1.29. The molecule has 0 unspecified atom stereocenters. The summed E-state index contributed by atoms with van der Waals surface area (Å²) in [4.78, 5) is 17.7. The lowest BCUT2D eigenvalue weighted by Crippen LogP contribution is -2.29. The minimum absolute atomic E-state index is 0.217. The van der Waals surface area contributed by atoms with Crippen molar-refractivity contribution in [2.75, 3.05) is 18.5 Å². The van der Waals surface area contributed by atoms with Crippen LogP contribution < -0.4 is 15.4 Å². The van der Waals surface area contributed by atoms with Gasteiger partial charge in [-0.1, -0.05) is 0 Å². The summed E-state index contributed by atoms with van der Waals surface area (Å²) in [6, 6.07) is 5.74. The van der Waals surface area contributed by atoms with Gasteiger partial charge in [0.15, 0.2) is 5.13 Å². The molecule has 134 valence electrons. The largest absolute Gasteiger partial charge is 0.494 e. The molecular weight excluding hydrogens is 341 g/mol. The minimum atomic E-state index is -0.274. The van der Waals surface area contributed by atoms with Crippen molar-refractivity contribution in [1.29, 1.82) is 0 Å². The Morgan fingerprint density at radius 2 is 2.00 bits per heavy atom. The number of rotatable bonds is 7. The molecule has 0 spiro atoms. The molecule has 2 amide bonds. The summed E-state index contributed by atoms with van der Waals surface area (Å²) in [5.41, 5.74) is 1.14. The maximum absolute atomic E-state index is 12.8. The van der Waals surface area contributed by atoms with Crippen molar-refractivity contribution in [2.45, 2.75) is 38.5 Å². The van der Waals surface area contributed by atoms with Crippen LogP contribution in [0.2, 0.25) is 0 Å². The second-order valence-electron chi connectivity index (χ2n) is 5.99. The number of carbonyl (C=O) groups excluding carboxylic acids is 1. The number of anilines is 1. The fourth-order valence-electron chi connectivity index (χ4n) is 2.70. The normalized spacial score (nSPS) is 13.2. The molecule has 1 aromatic heterocycles. The smallest absolute Gasteiger partial charge is 0.321 e. The van der Waals surface area contributed by atoms with E-state index in [1.165, 1.54) is 29.9 Å². The minimum Gasteiger partial charge on any atom is -0.494 e. The number of thiazole rings is 1. The quantitative estimate of drug-likeness (QED) is 0.727. The number of aryl methyl sites for hydroxylation is 2. The number of amides is 2. The van der Waals surface area contributed by atoms with Gasteiger partial charge >= 0.3 is 6.03 Å². The third-order valence-electron chi connectivity index (χ3n) is 4.01. The van der Waals surface area contributed by atoms with E-state index in [0.717, 1.165) is 31.4 Å². The molecule has 0 aliphatic heterocycles. The summed E-state index contributed by atoms with van der Waals surface area (Å²) in [5, 5.41) is 6.33. The summed E-state index contributed by atoms with van der Waals surface area (Å²) < 4.78 is 18.3. The predicted molar refractivity (Wildman–Crippen MR) is 96.9 cm³/mol. The lowest BCUT2D eigenvalue weighted by atomic mass is 10.0. The Hall–Kier alpha value is -2.15. The van der Waals surface area contributed by atoms with E-state index < -0.39 is 0 Å². The summed E-state index contributed by atoms with van der Waals surface area (Å²) >= 11 is 1.58. The molecule has 1 aromatic carbocycles. The molecule has 1 aliphatic rings. The van der Waals surface area contributed by atoms with Gasteiger partial charge in [-0.15, -0.1) is 11.3 Å². The molecule has 2 aromatic rings. The summed E-state index contributed by atoms with van der Waals surface area (Å²) in [5.74, 6) is 0.378. The van der Waals surface area contributed by atoms with Gasteiger partial charge in [-0.2, -0.15) is 0 Å². The SMILES string of the molecule is O=C(NCCCCOc1ccc(F)cc1)Nc1nc2c(s1)CCCC2. The van der Waals surface area contributed by atoms with Crippen LogP contribution in [0.5, 0.6) is 5.75 Å². The molecule has 5 nitrogen and oxygen atoms in total. The summed E-state index contributed by atoms with van der Waals surface area (Å²) in [7, 11) is 0. The molecule has 0 fully saturated rings. The number of fused-ring (bicyclic) bond motifs is 1. The summed E-state index contributed by atoms with van der Waals surface area (Å²) in [6.07, 6.45) is 6.10. The number of nitrogens with zero attached hydrogens (tertiary/aromatic N) is 1. The highest BCUT2D eigenvalue weighted by atomic mass is 32.1. The van der Waals surface area contributed by atoms with Crippen molar-refractivity contribution in [3.05, 3.63) is 40.7 Å². The van der Waals surface area contributed by atoms with Gasteiger partial charge < -0.3 is 10.1 Å². The average molecular weight is 363 g/mol. The van der Waals surface area contributed by atoms with Gasteiger partial charge in [-0.3, -0.25) is 5.32 Å². The second-order valence-corrected chi connectivity index (χ2v) is 7.07. The molecule has 25 heavy (non-hydrogen) atoms. The Kier molecular flexibility index (Phi) is 6.22. The van der Waals surface area contributed by atoms with Crippen LogP contribution in [0.1, 0.15) is 36.3 Å². The van der Waals surface area contributed by atoms with Crippen LogP contribution in [0, 0.1) is 5.82 Å². The van der Waals surface area contributed by atoms with E-state index in [-0.39, 0.29) is 11.8 Å². The van der Waals surface area contributed by atoms with Crippen molar-refractivity contribution in [3.8, 4) is 5.75 Å². The van der Waals surface area contributed by atoms with E-state index >= 15 is 0 Å². The number of ether oxygens (including phenoxy) is 1. The van der Waals surface area contributed by atoms with E-state index in [4.69, 9.17) is 4.74 Å². The van der Waals surface area contributed by atoms with E-state index in [0.29, 0.717) is 24.0 Å². The molecule has 7 heteroatoms. The first-order valence-electron chi connectivity index (χ1n) is 8.62. The molecule has 0 bridgehead atoms. The zero-order valence-electron chi connectivity index (χ0n) is 14.0. The van der Waals surface area contributed by atoms with Gasteiger partial charge in [-0.25, -0.2) is 14.2 Å². The molecular formula is C18H22FN3O2S. The van der Waals surface area contributed by atoms with E-state index in [2.05, 4.69) is 15.6 Å². The van der Waals surface area contributed by atoms with Gasteiger partial charge in [0.25, 0.3) is 0 Å². The van der Waals surface area contributed by atoms with Gasteiger partial charge in [0.2, 0.25) is 0 Å². The number of aromatic nitrogens is 1. The molecule has 0 saturated carbocycles. The fourth-order valence-corrected chi connectivity index (χ4v) is 3.74. The number of halogens is 1. The van der Waals surface area contributed by atoms with Crippen LogP contribution in [0.15, 0.2) is 24.3 Å².